The van der Waals surface area contributed by atoms with Crippen molar-refractivity contribution in [3.8, 4) is 0 Å². The first kappa shape index (κ1) is 10.1. The Morgan fingerprint density at radius 3 is 2.33 bits per heavy atom. The van der Waals surface area contributed by atoms with Gasteiger partial charge in [-0.3, -0.25) is 0 Å². The molecule has 0 spiro atoms. The number of allylic oxidation sites excluding steroid dienone is 1. The van der Waals surface area contributed by atoms with E-state index in [-0.39, 0.29) is 0 Å². The second-order valence-electron chi connectivity index (χ2n) is 2.09. The summed E-state index contributed by atoms with van der Waals surface area (Å²) in [5.41, 5.74) is 1.16. The van der Waals surface area contributed by atoms with Crippen LogP contribution in [0.5, 0.6) is 0 Å². The molecule has 0 atom stereocenters. The van der Waals surface area contributed by atoms with E-state index in [4.69, 9.17) is 19.4 Å². The Morgan fingerprint density at radius 1 is 1.08 bits per heavy atom. The second-order valence-corrected chi connectivity index (χ2v) is 7.89. The molecule has 12 heavy (non-hydrogen) atoms. The van der Waals surface area contributed by atoms with Crippen molar-refractivity contribution in [2.45, 2.75) is 0 Å². The van der Waals surface area contributed by atoms with Gasteiger partial charge in [-0.1, -0.05) is 0 Å². The molecule has 66 valence electrons. The van der Waals surface area contributed by atoms with Crippen LogP contribution in [0.15, 0.2) is 36.4 Å². The molecule has 0 heterocycles. The van der Waals surface area contributed by atoms with Gasteiger partial charge in [0.25, 0.3) is 0 Å². The molecule has 0 radical (unpaired) electrons. The van der Waals surface area contributed by atoms with Crippen LogP contribution in [-0.2, 0) is 13.5 Å². The maximum atomic E-state index is 5.65. The Hall–Kier alpha value is 0.0334. The number of rotatable bonds is 2. The van der Waals surface area contributed by atoms with Gasteiger partial charge in [-0.15, -0.1) is 0 Å². The average Bonchev–Trinajstić information content (AvgIpc) is 2.05. The summed E-state index contributed by atoms with van der Waals surface area (Å²) in [4.78, 5) is 0. The van der Waals surface area contributed by atoms with Crippen molar-refractivity contribution in [2.75, 3.05) is 0 Å². The molecule has 0 aliphatic rings. The fourth-order valence-corrected chi connectivity index (χ4v) is 1.79. The normalized spacial score (nSPS) is 11.7. The fourth-order valence-electron chi connectivity index (χ4n) is 0.761. The van der Waals surface area contributed by atoms with E-state index in [2.05, 4.69) is 0 Å². The van der Waals surface area contributed by atoms with E-state index in [0.717, 1.165) is 5.56 Å². The third kappa shape index (κ3) is 4.16. The van der Waals surface area contributed by atoms with Crippen molar-refractivity contribution in [3.63, 3.8) is 0 Å². The Morgan fingerprint density at radius 2 is 1.75 bits per heavy atom. The number of hydrogen-bond acceptors (Lipinski definition) is 0. The van der Waals surface area contributed by atoms with E-state index < -0.39 is 13.5 Å². The van der Waals surface area contributed by atoms with Crippen molar-refractivity contribution >= 4 is 30.1 Å². The van der Waals surface area contributed by atoms with Gasteiger partial charge in [0, 0.05) is 0 Å². The molecule has 1 aromatic rings. The van der Waals surface area contributed by atoms with Crippen LogP contribution >= 0.6 is 19.4 Å². The summed E-state index contributed by atoms with van der Waals surface area (Å²) >= 11 is -1.62. The number of halogens is 2. The molecule has 1 aromatic carbocycles. The summed E-state index contributed by atoms with van der Waals surface area (Å²) in [5, 5.41) is 0. The van der Waals surface area contributed by atoms with Crippen LogP contribution in [0, 0.1) is 0 Å². The molecular formula is C9H8Cl2Ru. The molecule has 0 nitrogen and oxygen atoms in total. The van der Waals surface area contributed by atoms with Crippen molar-refractivity contribution in [2.24, 2.45) is 0 Å². The zero-order chi connectivity index (χ0) is 8.81. The van der Waals surface area contributed by atoms with Crippen molar-refractivity contribution in [1.82, 2.24) is 0 Å². The molecule has 0 aliphatic heterocycles. The third-order valence-corrected chi connectivity index (χ3v) is 3.07. The van der Waals surface area contributed by atoms with Gasteiger partial charge in [0.15, 0.2) is 0 Å². The second kappa shape index (κ2) is 5.64. The Labute approximate surface area is 85.3 Å². The van der Waals surface area contributed by atoms with Crippen LogP contribution in [0.2, 0.25) is 0 Å². The zero-order valence-electron chi connectivity index (χ0n) is 6.23. The van der Waals surface area contributed by atoms with E-state index in [0.29, 0.717) is 0 Å². The molecule has 0 unspecified atom stereocenters. The van der Waals surface area contributed by atoms with Crippen LogP contribution in [0.1, 0.15) is 5.56 Å². The first-order valence-corrected chi connectivity index (χ1v) is 8.82. The first-order chi connectivity index (χ1) is 5.79. The third-order valence-electron chi connectivity index (χ3n) is 1.25. The summed E-state index contributed by atoms with van der Waals surface area (Å²) in [6.07, 6.45) is 3.90. The number of benzene rings is 1. The monoisotopic (exact) mass is 288 g/mol. The predicted octanol–water partition coefficient (Wildman–Crippen LogP) is 3.43. The molecule has 0 aromatic heterocycles. The van der Waals surface area contributed by atoms with E-state index >= 15 is 0 Å². The van der Waals surface area contributed by atoms with Gasteiger partial charge < -0.3 is 0 Å². The molecule has 0 saturated carbocycles. The molecule has 0 saturated heterocycles. The molecule has 1 rings (SSSR count). The van der Waals surface area contributed by atoms with E-state index in [1.165, 1.54) is 0 Å². The molecule has 0 bridgehead atoms. The van der Waals surface area contributed by atoms with Gasteiger partial charge in [0.2, 0.25) is 0 Å². The van der Waals surface area contributed by atoms with Gasteiger partial charge in [0.1, 0.15) is 0 Å². The van der Waals surface area contributed by atoms with Gasteiger partial charge in [-0.2, -0.15) is 0 Å². The Balaban J connectivity index is 2.64. The van der Waals surface area contributed by atoms with Gasteiger partial charge in [-0.25, -0.2) is 0 Å². The van der Waals surface area contributed by atoms with E-state index in [9.17, 15) is 0 Å². The quantitative estimate of drug-likeness (QED) is 0.731. The van der Waals surface area contributed by atoms with Crippen molar-refractivity contribution in [1.29, 1.82) is 0 Å². The summed E-state index contributed by atoms with van der Waals surface area (Å²) < 4.78 is 1.86. The summed E-state index contributed by atoms with van der Waals surface area (Å²) in [5.74, 6) is 0. The number of hydrogen-bond donors (Lipinski definition) is 0. The summed E-state index contributed by atoms with van der Waals surface area (Å²) in [6.45, 7) is 0. The van der Waals surface area contributed by atoms with Crippen molar-refractivity contribution < 1.29 is 13.5 Å². The maximum absolute atomic E-state index is 5.65. The average molecular weight is 288 g/mol. The topological polar surface area (TPSA) is 0 Å². The Bertz CT molecular complexity index is 287. The standard InChI is InChI=1S/C9H8.2ClH.Ru/c1-2-6-9-7-4-3-5-8-9;;;/h1-8H;2*1H;/q;;;+2/p-2/b6-2+;;;. The predicted molar refractivity (Wildman–Crippen MR) is 53.2 cm³/mol. The SMILES string of the molecule is [Cl][Ru]([Cl])=[CH]/C=C/c1ccccc1. The summed E-state index contributed by atoms with van der Waals surface area (Å²) in [6, 6.07) is 10.0. The van der Waals surface area contributed by atoms with Crippen molar-refractivity contribution in [3.05, 3.63) is 42.0 Å². The van der Waals surface area contributed by atoms with Gasteiger partial charge in [0.05, 0.1) is 0 Å². The molecule has 0 aliphatic carbocycles. The Kier molecular flexibility index (Phi) is 4.75. The molecule has 0 N–H and O–H groups in total. The van der Waals surface area contributed by atoms with Crippen LogP contribution in [0.3, 0.4) is 0 Å². The van der Waals surface area contributed by atoms with Gasteiger partial charge in [-0.05, 0) is 0 Å². The summed E-state index contributed by atoms with van der Waals surface area (Å²) in [7, 11) is 11.3. The molecule has 0 amide bonds. The van der Waals surface area contributed by atoms with E-state index in [1.54, 1.807) is 0 Å². The first-order valence-electron chi connectivity index (χ1n) is 3.34. The van der Waals surface area contributed by atoms with Crippen LogP contribution in [0.25, 0.3) is 6.08 Å². The molecule has 3 heteroatoms. The van der Waals surface area contributed by atoms with Crippen LogP contribution in [0.4, 0.5) is 0 Å². The molecule has 0 fully saturated rings. The van der Waals surface area contributed by atoms with E-state index in [1.807, 2.05) is 47.1 Å². The molecular weight excluding hydrogens is 280 g/mol. The zero-order valence-corrected chi connectivity index (χ0v) is 9.48. The minimum atomic E-state index is -1.62. The van der Waals surface area contributed by atoms with Crippen LogP contribution in [-0.4, -0.2) is 4.61 Å². The minimum absolute atomic E-state index is 1.16. The van der Waals surface area contributed by atoms with Crippen LogP contribution < -0.4 is 0 Å². The van der Waals surface area contributed by atoms with Gasteiger partial charge >= 0.3 is 85.6 Å². The fraction of sp³-hybridized carbons (Fsp3) is 0.